The average Bonchev–Trinajstić information content (AvgIpc) is 3.07. The summed E-state index contributed by atoms with van der Waals surface area (Å²) in [6.07, 6.45) is 1.55. The van der Waals surface area contributed by atoms with E-state index in [1.54, 1.807) is 24.4 Å². The number of nitrogens with one attached hydrogen (secondary N) is 1. The number of hydrogen-bond donors (Lipinski definition) is 1. The molecule has 3 aromatic rings. The number of aromatic amines is 1. The molecule has 3 rings (SSSR count). The van der Waals surface area contributed by atoms with Gasteiger partial charge in [-0.3, -0.25) is 4.79 Å². The van der Waals surface area contributed by atoms with Crippen LogP contribution in [0.25, 0.3) is 11.4 Å². The number of nitrogens with zero attached hydrogens (tertiary/aromatic N) is 3. The van der Waals surface area contributed by atoms with Gasteiger partial charge < -0.3 is 14.2 Å². The van der Waals surface area contributed by atoms with E-state index in [0.717, 1.165) is 0 Å². The highest BCUT2D eigenvalue weighted by Gasteiger charge is 2.16. The molecule has 0 aliphatic heterocycles. The van der Waals surface area contributed by atoms with Crippen LogP contribution in [0.4, 0.5) is 0 Å². The second-order valence-electron chi connectivity index (χ2n) is 5.74. The molecule has 0 unspecified atom stereocenters. The molecule has 8 nitrogen and oxygen atoms in total. The lowest BCUT2D eigenvalue weighted by Crippen LogP contribution is -2.05. The van der Waals surface area contributed by atoms with Crippen LogP contribution in [0.15, 0.2) is 41.5 Å². The van der Waals surface area contributed by atoms with Crippen molar-refractivity contribution in [2.45, 2.75) is 6.92 Å². The van der Waals surface area contributed by atoms with Crippen LogP contribution in [0.1, 0.15) is 12.5 Å². The Hall–Kier alpha value is -3.17. The number of aromatic nitrogens is 3. The van der Waals surface area contributed by atoms with Gasteiger partial charge in [-0.15, -0.1) is 0 Å². The van der Waals surface area contributed by atoms with Crippen LogP contribution in [0, 0.1) is 4.77 Å². The number of esters is 1. The maximum absolute atomic E-state index is 11.4. The maximum atomic E-state index is 11.4. The number of rotatable bonds is 6. The minimum Gasteiger partial charge on any atom is -0.493 e. The van der Waals surface area contributed by atoms with Crippen molar-refractivity contribution in [3.8, 4) is 28.6 Å². The van der Waals surface area contributed by atoms with Crippen molar-refractivity contribution < 1.29 is 19.0 Å². The van der Waals surface area contributed by atoms with Crippen molar-refractivity contribution in [1.82, 2.24) is 14.9 Å². The third-order valence-corrected chi connectivity index (χ3v) is 4.41. The highest BCUT2D eigenvalue weighted by atomic mass is 35.5. The third-order valence-electron chi connectivity index (χ3n) is 3.82. The maximum Gasteiger partial charge on any atom is 0.308 e. The summed E-state index contributed by atoms with van der Waals surface area (Å²) in [7, 11) is 2.93. The summed E-state index contributed by atoms with van der Waals surface area (Å²) in [6, 6.07) is 10.6. The summed E-state index contributed by atoms with van der Waals surface area (Å²) in [5, 5.41) is 11.9. The molecule has 2 aromatic carbocycles. The lowest BCUT2D eigenvalue weighted by Gasteiger charge is -2.13. The molecule has 0 radical (unpaired) electrons. The number of benzene rings is 2. The Morgan fingerprint density at radius 2 is 1.90 bits per heavy atom. The first-order chi connectivity index (χ1) is 13.9. The second-order valence-corrected chi connectivity index (χ2v) is 6.53. The standard InChI is InChI=1S/C19H17ClN4O4S/c1-11(25)28-17-15(26-2)8-12(9-16(17)27-3)10-21-24-18(22-23-19(24)29)13-6-4-5-7-14(13)20/h4-10H,1-3H3,(H,23,29)/b21-10+. The number of hydrogen-bond acceptors (Lipinski definition) is 7. The molecule has 0 saturated heterocycles. The lowest BCUT2D eigenvalue weighted by atomic mass is 10.2. The smallest absolute Gasteiger partial charge is 0.308 e. The zero-order chi connectivity index (χ0) is 21.0. The largest absolute Gasteiger partial charge is 0.493 e. The molecule has 0 bridgehead atoms. The molecule has 150 valence electrons. The number of ether oxygens (including phenoxy) is 3. The quantitative estimate of drug-likeness (QED) is 0.273. The number of carbonyl (C=O) groups excluding carboxylic acids is 1. The van der Waals surface area contributed by atoms with Crippen molar-refractivity contribution >= 4 is 36.0 Å². The van der Waals surface area contributed by atoms with Gasteiger partial charge >= 0.3 is 5.97 Å². The van der Waals surface area contributed by atoms with Crippen LogP contribution < -0.4 is 14.2 Å². The molecule has 0 amide bonds. The molecule has 10 heteroatoms. The van der Waals surface area contributed by atoms with Crippen molar-refractivity contribution in [2.75, 3.05) is 14.2 Å². The molecule has 0 spiro atoms. The molecule has 0 fully saturated rings. The zero-order valence-electron chi connectivity index (χ0n) is 15.8. The van der Waals surface area contributed by atoms with Gasteiger partial charge in [0.2, 0.25) is 10.5 Å². The van der Waals surface area contributed by atoms with E-state index in [1.807, 2.05) is 18.2 Å². The van der Waals surface area contributed by atoms with E-state index < -0.39 is 5.97 Å². The molecular weight excluding hydrogens is 416 g/mol. The molecular formula is C19H17ClN4O4S. The van der Waals surface area contributed by atoms with E-state index in [-0.39, 0.29) is 5.75 Å². The number of H-pyrrole nitrogens is 1. The van der Waals surface area contributed by atoms with Crippen molar-refractivity contribution in [2.24, 2.45) is 5.10 Å². The Kier molecular flexibility index (Phi) is 6.30. The van der Waals surface area contributed by atoms with Crippen molar-refractivity contribution in [3.63, 3.8) is 0 Å². The van der Waals surface area contributed by atoms with Gasteiger partial charge in [0.1, 0.15) is 0 Å². The third kappa shape index (κ3) is 4.47. The first-order valence-electron chi connectivity index (χ1n) is 8.35. The van der Waals surface area contributed by atoms with Crippen LogP contribution in [0.5, 0.6) is 17.2 Å². The fourth-order valence-electron chi connectivity index (χ4n) is 2.56. The Labute approximate surface area is 176 Å². The van der Waals surface area contributed by atoms with Gasteiger partial charge in [-0.25, -0.2) is 5.10 Å². The van der Waals surface area contributed by atoms with Gasteiger partial charge in [-0.2, -0.15) is 14.9 Å². The predicted octanol–water partition coefficient (Wildman–Crippen LogP) is 4.09. The zero-order valence-corrected chi connectivity index (χ0v) is 17.4. The highest BCUT2D eigenvalue weighted by Crippen LogP contribution is 2.38. The van der Waals surface area contributed by atoms with E-state index in [2.05, 4.69) is 15.3 Å². The van der Waals surface area contributed by atoms with Crippen LogP contribution in [0.2, 0.25) is 5.02 Å². The Balaban J connectivity index is 2.03. The van der Waals surface area contributed by atoms with Crippen molar-refractivity contribution in [3.05, 3.63) is 51.8 Å². The monoisotopic (exact) mass is 432 g/mol. The molecule has 1 aromatic heterocycles. The Morgan fingerprint density at radius 1 is 1.24 bits per heavy atom. The fraction of sp³-hybridized carbons (Fsp3) is 0.158. The SMILES string of the molecule is COc1cc(/C=N/n2c(-c3ccccc3Cl)n[nH]c2=S)cc(OC)c1OC(C)=O. The predicted molar refractivity (Wildman–Crippen MR) is 112 cm³/mol. The summed E-state index contributed by atoms with van der Waals surface area (Å²) < 4.78 is 17.6. The second kappa shape index (κ2) is 8.89. The van der Waals surface area contributed by atoms with Gasteiger partial charge in [0.05, 0.1) is 25.5 Å². The van der Waals surface area contributed by atoms with E-state index in [1.165, 1.54) is 25.8 Å². The summed E-state index contributed by atoms with van der Waals surface area (Å²) in [4.78, 5) is 11.4. The van der Waals surface area contributed by atoms with E-state index in [0.29, 0.717) is 38.2 Å². The normalized spacial score (nSPS) is 10.9. The van der Waals surface area contributed by atoms with Crippen LogP contribution in [0.3, 0.4) is 0 Å². The molecule has 1 N–H and O–H groups in total. The minimum absolute atomic E-state index is 0.191. The van der Waals surface area contributed by atoms with Gasteiger partial charge in [0, 0.05) is 18.1 Å². The van der Waals surface area contributed by atoms with Gasteiger partial charge in [-0.05, 0) is 36.5 Å². The van der Waals surface area contributed by atoms with E-state index in [9.17, 15) is 4.79 Å². The lowest BCUT2D eigenvalue weighted by molar-refractivity contribution is -0.132. The summed E-state index contributed by atoms with van der Waals surface area (Å²) in [5.74, 6) is 0.812. The first-order valence-corrected chi connectivity index (χ1v) is 9.14. The topological polar surface area (TPSA) is 90.7 Å². The summed E-state index contributed by atoms with van der Waals surface area (Å²) >= 11 is 11.5. The Bertz CT molecular complexity index is 1110. The molecule has 0 saturated carbocycles. The van der Waals surface area contributed by atoms with Gasteiger partial charge in [-0.1, -0.05) is 23.7 Å². The first kappa shape index (κ1) is 20.6. The molecule has 0 aliphatic rings. The average molecular weight is 433 g/mol. The van der Waals surface area contributed by atoms with Crippen molar-refractivity contribution in [1.29, 1.82) is 0 Å². The summed E-state index contributed by atoms with van der Waals surface area (Å²) in [6.45, 7) is 1.30. The molecule has 1 heterocycles. The molecule has 0 aliphatic carbocycles. The van der Waals surface area contributed by atoms with Gasteiger partial charge in [0.15, 0.2) is 17.3 Å². The number of methoxy groups -OCH3 is 2. The Morgan fingerprint density at radius 3 is 2.48 bits per heavy atom. The van der Waals surface area contributed by atoms with Crippen LogP contribution in [-0.4, -0.2) is 41.3 Å². The fourth-order valence-corrected chi connectivity index (χ4v) is 2.96. The van der Waals surface area contributed by atoms with Gasteiger partial charge in [0.25, 0.3) is 0 Å². The number of halogens is 1. The molecule has 29 heavy (non-hydrogen) atoms. The minimum atomic E-state index is -0.489. The van der Waals surface area contributed by atoms with Crippen LogP contribution >= 0.6 is 23.8 Å². The molecule has 0 atom stereocenters. The van der Waals surface area contributed by atoms with Crippen LogP contribution in [-0.2, 0) is 4.79 Å². The van der Waals surface area contributed by atoms with E-state index >= 15 is 0 Å². The highest BCUT2D eigenvalue weighted by molar-refractivity contribution is 7.71. The van der Waals surface area contributed by atoms with E-state index in [4.69, 9.17) is 38.0 Å². The number of carbonyl (C=O) groups is 1. The summed E-state index contributed by atoms with van der Waals surface area (Å²) in [5.41, 5.74) is 1.31.